The van der Waals surface area contributed by atoms with Gasteiger partial charge in [0.05, 0.1) is 11.6 Å². The molecule has 3 aromatic rings. The fraction of sp³-hybridized carbons (Fsp3) is 0.188. The van der Waals surface area contributed by atoms with Crippen molar-refractivity contribution in [1.82, 2.24) is 9.66 Å². The molecule has 0 radical (unpaired) electrons. The number of hydrogen-bond acceptors (Lipinski definition) is 5. The summed E-state index contributed by atoms with van der Waals surface area (Å²) < 4.78 is 29.6. The van der Waals surface area contributed by atoms with E-state index in [1.807, 2.05) is 13.8 Å². The third kappa shape index (κ3) is 3.18. The molecule has 2 aromatic heterocycles. The van der Waals surface area contributed by atoms with Gasteiger partial charge in [-0.3, -0.25) is 4.79 Å². The molecule has 0 fully saturated rings. The van der Waals surface area contributed by atoms with Gasteiger partial charge in [0.1, 0.15) is 16.9 Å². The second kappa shape index (κ2) is 6.48. The Kier molecular flexibility index (Phi) is 4.39. The molecule has 0 N–H and O–H groups in total. The van der Waals surface area contributed by atoms with Gasteiger partial charge in [0.2, 0.25) is 0 Å². The van der Waals surface area contributed by atoms with E-state index in [-0.39, 0.29) is 11.3 Å². The van der Waals surface area contributed by atoms with Crippen LogP contribution < -0.4 is 10.3 Å². The Labute approximate surface area is 139 Å². The third-order valence-electron chi connectivity index (χ3n) is 3.51. The Hall–Kier alpha value is -2.61. The highest BCUT2D eigenvalue weighted by molar-refractivity contribution is 7.18. The van der Waals surface area contributed by atoms with E-state index >= 15 is 0 Å². The molecule has 24 heavy (non-hydrogen) atoms. The third-order valence-corrected chi connectivity index (χ3v) is 4.62. The van der Waals surface area contributed by atoms with Crippen molar-refractivity contribution in [2.45, 2.75) is 20.5 Å². The Morgan fingerprint density at radius 2 is 2.00 bits per heavy atom. The maximum Gasteiger partial charge on any atom is 0.387 e. The SMILES string of the molecule is Cc1sc2ncn(/N=C\c3ccc(OC(F)F)cc3)c(=O)c2c1C. The molecule has 0 unspecified atom stereocenters. The first kappa shape index (κ1) is 16.3. The highest BCUT2D eigenvalue weighted by Gasteiger charge is 2.11. The summed E-state index contributed by atoms with van der Waals surface area (Å²) in [6.07, 6.45) is 2.82. The lowest BCUT2D eigenvalue weighted by molar-refractivity contribution is -0.0498. The normalized spacial score (nSPS) is 11.7. The number of aryl methyl sites for hydroxylation is 2. The van der Waals surface area contributed by atoms with E-state index in [0.29, 0.717) is 15.8 Å². The molecular formula is C16H13F2N3O2S. The van der Waals surface area contributed by atoms with Crippen molar-refractivity contribution in [3.8, 4) is 5.75 Å². The minimum absolute atomic E-state index is 0.0618. The average Bonchev–Trinajstić information content (AvgIpc) is 2.83. The summed E-state index contributed by atoms with van der Waals surface area (Å²) in [4.78, 5) is 18.5. The zero-order valence-electron chi connectivity index (χ0n) is 12.9. The first-order valence-corrected chi connectivity index (χ1v) is 7.84. The van der Waals surface area contributed by atoms with Crippen LogP contribution in [0.3, 0.4) is 0 Å². The van der Waals surface area contributed by atoms with Gasteiger partial charge in [0.15, 0.2) is 0 Å². The highest BCUT2D eigenvalue weighted by Crippen LogP contribution is 2.25. The summed E-state index contributed by atoms with van der Waals surface area (Å²) in [6, 6.07) is 5.95. The number of ether oxygens (including phenoxy) is 1. The number of alkyl halides is 2. The number of hydrogen-bond donors (Lipinski definition) is 0. The lowest BCUT2D eigenvalue weighted by Gasteiger charge is -2.03. The monoisotopic (exact) mass is 349 g/mol. The molecule has 0 amide bonds. The van der Waals surface area contributed by atoms with Crippen molar-refractivity contribution < 1.29 is 13.5 Å². The number of benzene rings is 1. The van der Waals surface area contributed by atoms with Crippen LogP contribution in [0, 0.1) is 13.8 Å². The van der Waals surface area contributed by atoms with Gasteiger partial charge in [0.25, 0.3) is 5.56 Å². The van der Waals surface area contributed by atoms with Crippen LogP contribution in [0.25, 0.3) is 10.2 Å². The Bertz CT molecular complexity index is 962. The van der Waals surface area contributed by atoms with Crippen molar-refractivity contribution in [1.29, 1.82) is 0 Å². The quantitative estimate of drug-likeness (QED) is 0.677. The summed E-state index contributed by atoms with van der Waals surface area (Å²) in [5.41, 5.74) is 1.31. The lowest BCUT2D eigenvalue weighted by atomic mass is 10.2. The minimum atomic E-state index is -2.86. The van der Waals surface area contributed by atoms with Crippen LogP contribution in [0.1, 0.15) is 16.0 Å². The molecule has 0 aliphatic heterocycles. The van der Waals surface area contributed by atoms with E-state index in [1.165, 1.54) is 36.0 Å². The standard InChI is InChI=1S/C16H13F2N3O2S/c1-9-10(2)24-14-13(9)15(22)21(8-19-14)20-7-11-3-5-12(6-4-11)23-16(17)18/h3-8,16H,1-2H3/b20-7-. The number of thiophene rings is 1. The number of nitrogens with zero attached hydrogens (tertiary/aromatic N) is 3. The Morgan fingerprint density at radius 3 is 2.67 bits per heavy atom. The summed E-state index contributed by atoms with van der Waals surface area (Å²) in [6.45, 7) is 0.961. The van der Waals surface area contributed by atoms with Crippen LogP contribution in [0.15, 0.2) is 40.5 Å². The molecule has 5 nitrogen and oxygen atoms in total. The summed E-state index contributed by atoms with van der Waals surface area (Å²) in [5.74, 6) is 0.0618. The first-order valence-electron chi connectivity index (χ1n) is 7.02. The lowest BCUT2D eigenvalue weighted by Crippen LogP contribution is -2.16. The van der Waals surface area contributed by atoms with Crippen LogP contribution in [0.2, 0.25) is 0 Å². The second-order valence-corrected chi connectivity index (χ2v) is 6.25. The molecule has 124 valence electrons. The largest absolute Gasteiger partial charge is 0.435 e. The predicted octanol–water partition coefficient (Wildman–Crippen LogP) is 3.56. The number of rotatable bonds is 4. The van der Waals surface area contributed by atoms with Crippen molar-refractivity contribution in [3.63, 3.8) is 0 Å². The van der Waals surface area contributed by atoms with Gasteiger partial charge >= 0.3 is 6.61 Å². The number of aromatic nitrogens is 2. The van der Waals surface area contributed by atoms with E-state index < -0.39 is 6.61 Å². The molecule has 3 rings (SSSR count). The van der Waals surface area contributed by atoms with Crippen LogP contribution in [0.5, 0.6) is 5.75 Å². The van der Waals surface area contributed by atoms with Crippen molar-refractivity contribution in [3.05, 3.63) is 57.0 Å². The first-order chi connectivity index (χ1) is 11.5. The molecule has 0 spiro atoms. The fourth-order valence-electron chi connectivity index (χ4n) is 2.17. The van der Waals surface area contributed by atoms with Crippen LogP contribution in [-0.4, -0.2) is 22.5 Å². The van der Waals surface area contributed by atoms with Crippen molar-refractivity contribution in [2.75, 3.05) is 0 Å². The van der Waals surface area contributed by atoms with E-state index in [0.717, 1.165) is 15.1 Å². The van der Waals surface area contributed by atoms with E-state index in [2.05, 4.69) is 14.8 Å². The maximum atomic E-state index is 12.5. The fourth-order valence-corrected chi connectivity index (χ4v) is 3.16. The van der Waals surface area contributed by atoms with Gasteiger partial charge in [-0.15, -0.1) is 11.3 Å². The van der Waals surface area contributed by atoms with Crippen LogP contribution >= 0.6 is 11.3 Å². The van der Waals surface area contributed by atoms with Gasteiger partial charge in [-0.2, -0.15) is 18.6 Å². The molecule has 0 aliphatic carbocycles. The zero-order chi connectivity index (χ0) is 17.3. The molecule has 8 heteroatoms. The van der Waals surface area contributed by atoms with Crippen molar-refractivity contribution >= 4 is 27.8 Å². The van der Waals surface area contributed by atoms with Gasteiger partial charge in [-0.05, 0) is 49.2 Å². The van der Waals surface area contributed by atoms with E-state index in [4.69, 9.17) is 0 Å². The summed E-state index contributed by atoms with van der Waals surface area (Å²) >= 11 is 1.47. The van der Waals surface area contributed by atoms with Gasteiger partial charge in [0, 0.05) is 4.88 Å². The number of fused-ring (bicyclic) bond motifs is 1. The molecule has 2 heterocycles. The molecule has 0 aliphatic rings. The predicted molar refractivity (Wildman–Crippen MR) is 89.4 cm³/mol. The molecule has 0 saturated carbocycles. The Balaban J connectivity index is 1.89. The van der Waals surface area contributed by atoms with E-state index in [1.54, 1.807) is 12.1 Å². The van der Waals surface area contributed by atoms with Gasteiger partial charge in [-0.25, -0.2) is 4.98 Å². The average molecular weight is 349 g/mol. The minimum Gasteiger partial charge on any atom is -0.435 e. The molecular weight excluding hydrogens is 336 g/mol. The zero-order valence-corrected chi connectivity index (χ0v) is 13.7. The second-order valence-electron chi connectivity index (χ2n) is 5.05. The smallest absolute Gasteiger partial charge is 0.387 e. The van der Waals surface area contributed by atoms with Gasteiger partial charge < -0.3 is 4.74 Å². The summed E-state index contributed by atoms with van der Waals surface area (Å²) in [7, 11) is 0. The van der Waals surface area contributed by atoms with Crippen LogP contribution in [0.4, 0.5) is 8.78 Å². The Morgan fingerprint density at radius 1 is 1.29 bits per heavy atom. The maximum absolute atomic E-state index is 12.5. The molecule has 1 aromatic carbocycles. The highest BCUT2D eigenvalue weighted by atomic mass is 32.1. The topological polar surface area (TPSA) is 56.5 Å². The van der Waals surface area contributed by atoms with Crippen molar-refractivity contribution in [2.24, 2.45) is 5.10 Å². The van der Waals surface area contributed by atoms with Gasteiger partial charge in [-0.1, -0.05) is 0 Å². The van der Waals surface area contributed by atoms with E-state index in [9.17, 15) is 13.6 Å². The molecule has 0 bridgehead atoms. The molecule has 0 saturated heterocycles. The number of halogens is 2. The van der Waals surface area contributed by atoms with Crippen LogP contribution in [-0.2, 0) is 0 Å². The summed E-state index contributed by atoms with van der Waals surface area (Å²) in [5, 5.41) is 4.67. The molecule has 0 atom stereocenters.